The van der Waals surface area contributed by atoms with Gasteiger partial charge in [0.1, 0.15) is 11.5 Å². The number of carbonyl (C=O) groups is 2. The highest BCUT2D eigenvalue weighted by Gasteiger charge is 2.31. The van der Waals surface area contributed by atoms with E-state index in [9.17, 15) is 35.9 Å². The maximum absolute atomic E-state index is 12.6. The molecule has 3 rings (SSSR count). The number of rotatable bonds is 4. The smallest absolute Gasteiger partial charge is 0.416 e. The van der Waals surface area contributed by atoms with Crippen LogP contribution in [0, 0.1) is 0 Å². The lowest BCUT2D eigenvalue weighted by atomic mass is 10.1. The SMILES string of the molecule is O=C(Oc1cccc(OC(=O)c2ccc(C(F)(F)F)cc2)c1)c1ccc(C(F)(F)F)cc1. The zero-order chi connectivity index (χ0) is 23.5. The van der Waals surface area contributed by atoms with Crippen LogP contribution in [-0.2, 0) is 12.4 Å². The molecule has 166 valence electrons. The first-order valence-electron chi connectivity index (χ1n) is 8.82. The zero-order valence-electron chi connectivity index (χ0n) is 15.8. The minimum absolute atomic E-state index is 0.0624. The van der Waals surface area contributed by atoms with E-state index in [1.54, 1.807) is 0 Å². The van der Waals surface area contributed by atoms with Crippen molar-refractivity contribution in [2.24, 2.45) is 0 Å². The third-order valence-electron chi connectivity index (χ3n) is 4.12. The summed E-state index contributed by atoms with van der Waals surface area (Å²) in [5, 5.41) is 0. The molecule has 0 atom stereocenters. The van der Waals surface area contributed by atoms with Gasteiger partial charge in [-0.25, -0.2) is 9.59 Å². The van der Waals surface area contributed by atoms with Crippen molar-refractivity contribution in [3.63, 3.8) is 0 Å². The van der Waals surface area contributed by atoms with Crippen LogP contribution in [0.4, 0.5) is 26.3 Å². The fraction of sp³-hybridized carbons (Fsp3) is 0.0909. The second kappa shape index (κ2) is 8.74. The van der Waals surface area contributed by atoms with Gasteiger partial charge < -0.3 is 9.47 Å². The molecular weight excluding hydrogens is 442 g/mol. The Balaban J connectivity index is 1.67. The number of esters is 2. The van der Waals surface area contributed by atoms with E-state index < -0.39 is 35.4 Å². The predicted octanol–water partition coefficient (Wildman–Crippen LogP) is 6.16. The highest BCUT2D eigenvalue weighted by Crippen LogP contribution is 2.30. The number of benzene rings is 3. The van der Waals surface area contributed by atoms with Crippen molar-refractivity contribution in [2.45, 2.75) is 12.4 Å². The molecule has 0 radical (unpaired) electrons. The average Bonchev–Trinajstić information content (AvgIpc) is 2.73. The summed E-state index contributed by atoms with van der Waals surface area (Å²) in [5.41, 5.74) is -2.12. The van der Waals surface area contributed by atoms with Crippen LogP contribution in [0.3, 0.4) is 0 Å². The van der Waals surface area contributed by atoms with Crippen molar-refractivity contribution in [3.05, 3.63) is 95.1 Å². The van der Waals surface area contributed by atoms with Gasteiger partial charge in [-0.1, -0.05) is 6.07 Å². The van der Waals surface area contributed by atoms with Gasteiger partial charge in [0.15, 0.2) is 0 Å². The van der Waals surface area contributed by atoms with Gasteiger partial charge in [0.2, 0.25) is 0 Å². The second-order valence-corrected chi connectivity index (χ2v) is 6.40. The van der Waals surface area contributed by atoms with Crippen molar-refractivity contribution in [1.29, 1.82) is 0 Å². The Kier molecular flexibility index (Phi) is 6.24. The van der Waals surface area contributed by atoms with Crippen LogP contribution < -0.4 is 9.47 Å². The zero-order valence-corrected chi connectivity index (χ0v) is 15.8. The molecule has 0 unspecified atom stereocenters. The summed E-state index contributed by atoms with van der Waals surface area (Å²) >= 11 is 0. The van der Waals surface area contributed by atoms with Crippen LogP contribution in [0.2, 0.25) is 0 Å². The fourth-order valence-electron chi connectivity index (χ4n) is 2.52. The topological polar surface area (TPSA) is 52.6 Å². The summed E-state index contributed by atoms with van der Waals surface area (Å²) in [6.45, 7) is 0. The number of hydrogen-bond acceptors (Lipinski definition) is 4. The second-order valence-electron chi connectivity index (χ2n) is 6.40. The van der Waals surface area contributed by atoms with Gasteiger partial charge in [-0.2, -0.15) is 26.3 Å². The van der Waals surface area contributed by atoms with Crippen LogP contribution >= 0.6 is 0 Å². The van der Waals surface area contributed by atoms with Gasteiger partial charge in [-0.3, -0.25) is 0 Å². The summed E-state index contributed by atoms with van der Waals surface area (Å²) in [6, 6.07) is 12.0. The lowest BCUT2D eigenvalue weighted by molar-refractivity contribution is -0.138. The van der Waals surface area contributed by atoms with Crippen LogP contribution in [0.15, 0.2) is 72.8 Å². The molecular formula is C22H12F6O4. The van der Waals surface area contributed by atoms with Crippen LogP contribution in [0.1, 0.15) is 31.8 Å². The van der Waals surface area contributed by atoms with E-state index in [1.165, 1.54) is 24.3 Å². The summed E-state index contributed by atoms with van der Waals surface area (Å²) in [6.07, 6.45) is -9.10. The highest BCUT2D eigenvalue weighted by atomic mass is 19.4. The lowest BCUT2D eigenvalue weighted by Crippen LogP contribution is -2.11. The Morgan fingerprint density at radius 1 is 0.562 bits per heavy atom. The normalized spacial score (nSPS) is 11.7. The van der Waals surface area contributed by atoms with Gasteiger partial charge >= 0.3 is 24.3 Å². The fourth-order valence-corrected chi connectivity index (χ4v) is 2.52. The molecule has 32 heavy (non-hydrogen) atoms. The molecule has 0 heterocycles. The molecule has 0 saturated carbocycles. The molecule has 4 nitrogen and oxygen atoms in total. The number of alkyl halides is 6. The van der Waals surface area contributed by atoms with Crippen LogP contribution in [0.5, 0.6) is 11.5 Å². The Morgan fingerprint density at radius 3 is 1.22 bits per heavy atom. The van der Waals surface area contributed by atoms with E-state index in [1.807, 2.05) is 0 Å². The number of carbonyl (C=O) groups excluding carboxylic acids is 2. The number of ether oxygens (including phenoxy) is 2. The predicted molar refractivity (Wildman–Crippen MR) is 99.2 cm³/mol. The molecule has 10 heteroatoms. The largest absolute Gasteiger partial charge is 0.423 e. The first kappa shape index (κ1) is 22.9. The summed E-state index contributed by atoms with van der Waals surface area (Å²) in [5.74, 6) is -2.00. The Labute approximate surface area is 177 Å². The molecule has 0 aliphatic heterocycles. The molecule has 0 aliphatic rings. The summed E-state index contributed by atoms with van der Waals surface area (Å²) in [7, 11) is 0. The van der Waals surface area contributed by atoms with E-state index in [-0.39, 0.29) is 22.6 Å². The van der Waals surface area contributed by atoms with Crippen LogP contribution in [0.25, 0.3) is 0 Å². The molecule has 3 aromatic rings. The van der Waals surface area contributed by atoms with Crippen molar-refractivity contribution in [2.75, 3.05) is 0 Å². The van der Waals surface area contributed by atoms with E-state index in [2.05, 4.69) is 0 Å². The molecule has 0 N–H and O–H groups in total. The van der Waals surface area contributed by atoms with E-state index >= 15 is 0 Å². The minimum atomic E-state index is -4.55. The minimum Gasteiger partial charge on any atom is -0.423 e. The van der Waals surface area contributed by atoms with Crippen molar-refractivity contribution in [1.82, 2.24) is 0 Å². The maximum Gasteiger partial charge on any atom is 0.416 e. The van der Waals surface area contributed by atoms with Gasteiger partial charge in [-0.15, -0.1) is 0 Å². The third kappa shape index (κ3) is 5.65. The monoisotopic (exact) mass is 454 g/mol. The molecule has 0 amide bonds. The number of hydrogen-bond donors (Lipinski definition) is 0. The molecule has 3 aromatic carbocycles. The molecule has 0 bridgehead atoms. The van der Waals surface area contributed by atoms with Gasteiger partial charge in [0, 0.05) is 6.07 Å². The van der Waals surface area contributed by atoms with Crippen LogP contribution in [-0.4, -0.2) is 11.9 Å². The van der Waals surface area contributed by atoms with Gasteiger partial charge in [0.05, 0.1) is 22.3 Å². The van der Waals surface area contributed by atoms with Gasteiger partial charge in [-0.05, 0) is 60.7 Å². The first-order chi connectivity index (χ1) is 14.9. The summed E-state index contributed by atoms with van der Waals surface area (Å²) < 4.78 is 85.8. The van der Waals surface area contributed by atoms with Crippen molar-refractivity contribution < 1.29 is 45.4 Å². The van der Waals surface area contributed by atoms with E-state index in [0.29, 0.717) is 0 Å². The molecule has 0 fully saturated rings. The Hall–Kier alpha value is -3.82. The molecule has 0 saturated heterocycles. The lowest BCUT2D eigenvalue weighted by Gasteiger charge is -2.10. The Bertz CT molecular complexity index is 1030. The quantitative estimate of drug-likeness (QED) is 0.269. The van der Waals surface area contributed by atoms with Gasteiger partial charge in [0.25, 0.3) is 0 Å². The van der Waals surface area contributed by atoms with Crippen molar-refractivity contribution in [3.8, 4) is 11.5 Å². The molecule has 0 aromatic heterocycles. The third-order valence-corrected chi connectivity index (χ3v) is 4.12. The van der Waals surface area contributed by atoms with Crippen molar-refractivity contribution >= 4 is 11.9 Å². The summed E-state index contributed by atoms with van der Waals surface area (Å²) in [4.78, 5) is 24.3. The first-order valence-corrected chi connectivity index (χ1v) is 8.82. The molecule has 0 aliphatic carbocycles. The number of halogens is 6. The maximum atomic E-state index is 12.6. The van der Waals surface area contributed by atoms with E-state index in [4.69, 9.17) is 9.47 Å². The Morgan fingerprint density at radius 2 is 0.906 bits per heavy atom. The molecule has 0 spiro atoms. The standard InChI is InChI=1S/C22H12F6O4/c23-21(24,25)15-8-4-13(5-9-15)19(29)31-17-2-1-3-18(12-17)32-20(30)14-6-10-16(11-7-14)22(26,27)28/h1-12H. The average molecular weight is 454 g/mol. The highest BCUT2D eigenvalue weighted by molar-refractivity contribution is 5.92. The van der Waals surface area contributed by atoms with E-state index in [0.717, 1.165) is 48.5 Å².